The van der Waals surface area contributed by atoms with Gasteiger partial charge in [-0.3, -0.25) is 4.79 Å². The van der Waals surface area contributed by atoms with E-state index in [1.54, 1.807) is 0 Å². The quantitative estimate of drug-likeness (QED) is 0.301. The van der Waals surface area contributed by atoms with Crippen LogP contribution in [-0.2, 0) is 11.2 Å². The summed E-state index contributed by atoms with van der Waals surface area (Å²) in [7, 11) is 0. The molecule has 5 nitrogen and oxygen atoms in total. The number of piperazine rings is 1. The highest BCUT2D eigenvalue weighted by molar-refractivity contribution is 5.84. The highest BCUT2D eigenvalue weighted by Gasteiger charge is 2.29. The van der Waals surface area contributed by atoms with Crippen LogP contribution in [0, 0.1) is 13.8 Å². The van der Waals surface area contributed by atoms with E-state index in [9.17, 15) is 4.79 Å². The molecule has 0 radical (unpaired) electrons. The molecule has 5 rings (SSSR count). The first-order valence-corrected chi connectivity index (χ1v) is 13.6. The average molecular weight is 505 g/mol. The molecule has 1 atom stereocenters. The van der Waals surface area contributed by atoms with Crippen molar-refractivity contribution in [3.63, 3.8) is 0 Å². The van der Waals surface area contributed by atoms with Crippen LogP contribution in [0.5, 0.6) is 0 Å². The van der Waals surface area contributed by atoms with E-state index < -0.39 is 0 Å². The Hall–Kier alpha value is -3.99. The fraction of sp³-hybridized carbons (Fsp3) is 0.303. The molecule has 0 N–H and O–H groups in total. The van der Waals surface area contributed by atoms with Crippen molar-refractivity contribution in [3.05, 3.63) is 113 Å². The van der Waals surface area contributed by atoms with Gasteiger partial charge in [-0.1, -0.05) is 91.3 Å². The fourth-order valence-electron chi connectivity index (χ4n) is 5.36. The topological polar surface area (TPSA) is 49.3 Å². The van der Waals surface area contributed by atoms with Crippen LogP contribution in [0.4, 0.5) is 5.82 Å². The van der Waals surface area contributed by atoms with Crippen molar-refractivity contribution >= 4 is 11.7 Å². The molecule has 1 aliphatic rings. The van der Waals surface area contributed by atoms with Crippen LogP contribution in [0.25, 0.3) is 11.4 Å². The van der Waals surface area contributed by atoms with Crippen LogP contribution in [0.3, 0.4) is 0 Å². The van der Waals surface area contributed by atoms with Crippen LogP contribution in [0.2, 0.25) is 0 Å². The van der Waals surface area contributed by atoms with Gasteiger partial charge < -0.3 is 9.80 Å². The summed E-state index contributed by atoms with van der Waals surface area (Å²) in [5.41, 5.74) is 6.72. The van der Waals surface area contributed by atoms with E-state index in [1.807, 2.05) is 29.2 Å². The van der Waals surface area contributed by atoms with Crippen molar-refractivity contribution in [1.29, 1.82) is 0 Å². The van der Waals surface area contributed by atoms with E-state index in [1.165, 1.54) is 11.1 Å². The minimum absolute atomic E-state index is 0.0920. The zero-order valence-electron chi connectivity index (χ0n) is 22.6. The molecule has 1 fully saturated rings. The predicted octanol–water partition coefficient (Wildman–Crippen LogP) is 6.19. The highest BCUT2D eigenvalue weighted by atomic mass is 16.2. The number of hydrogen-bond donors (Lipinski definition) is 0. The molecular weight excluding hydrogens is 468 g/mol. The number of aryl methyl sites for hydroxylation is 2. The number of carbonyl (C=O) groups excluding carboxylic acids is 1. The minimum atomic E-state index is -0.0920. The van der Waals surface area contributed by atoms with Gasteiger partial charge in [-0.2, -0.15) is 0 Å². The number of amides is 1. The molecule has 3 aromatic carbocycles. The third-order valence-electron chi connectivity index (χ3n) is 7.49. The number of benzene rings is 3. The Bertz CT molecular complexity index is 1380. The summed E-state index contributed by atoms with van der Waals surface area (Å²) in [4.78, 5) is 28.0. The third kappa shape index (κ3) is 5.62. The van der Waals surface area contributed by atoms with Gasteiger partial charge in [0.15, 0.2) is 5.82 Å². The van der Waals surface area contributed by atoms with Crippen LogP contribution in [0.1, 0.15) is 47.2 Å². The fourth-order valence-corrected chi connectivity index (χ4v) is 5.36. The molecule has 1 amide bonds. The number of carbonyl (C=O) groups is 1. The van der Waals surface area contributed by atoms with Crippen LogP contribution < -0.4 is 4.90 Å². The maximum absolute atomic E-state index is 13.5. The lowest BCUT2D eigenvalue weighted by molar-refractivity contribution is -0.133. The van der Waals surface area contributed by atoms with Crippen molar-refractivity contribution in [3.8, 4) is 11.4 Å². The number of hydrogen-bond acceptors (Lipinski definition) is 4. The van der Waals surface area contributed by atoms with Gasteiger partial charge in [0.2, 0.25) is 5.91 Å². The van der Waals surface area contributed by atoms with E-state index in [0.717, 1.165) is 60.0 Å². The first-order chi connectivity index (χ1) is 18.5. The normalized spacial score (nSPS) is 14.4. The molecule has 0 aliphatic carbocycles. The van der Waals surface area contributed by atoms with Gasteiger partial charge in [-0.15, -0.1) is 0 Å². The Morgan fingerprint density at radius 1 is 0.842 bits per heavy atom. The summed E-state index contributed by atoms with van der Waals surface area (Å²) < 4.78 is 0. The standard InChI is InChI=1S/C33H36N4O/c1-4-29(27-15-9-6-10-16-27)33(38)37-20-18-36(19-21-37)32-30(23-26-13-7-5-8-14-26)25(3)34-31(35-32)28-17-11-12-24(2)22-28/h5-17,22,29H,4,18-21,23H2,1-3H3/t29-/m0/s1. The zero-order chi connectivity index (χ0) is 26.5. The Balaban J connectivity index is 1.42. The van der Waals surface area contributed by atoms with Gasteiger partial charge in [-0.05, 0) is 37.5 Å². The average Bonchev–Trinajstić information content (AvgIpc) is 2.95. The summed E-state index contributed by atoms with van der Waals surface area (Å²) >= 11 is 0. The van der Waals surface area contributed by atoms with Crippen LogP contribution in [-0.4, -0.2) is 47.0 Å². The smallest absolute Gasteiger partial charge is 0.230 e. The van der Waals surface area contributed by atoms with E-state index >= 15 is 0 Å². The van der Waals surface area contributed by atoms with Crippen molar-refractivity contribution in [2.45, 2.75) is 39.5 Å². The highest BCUT2D eigenvalue weighted by Crippen LogP contribution is 2.29. The molecule has 0 bridgehead atoms. The largest absolute Gasteiger partial charge is 0.353 e. The number of aromatic nitrogens is 2. The first kappa shape index (κ1) is 25.7. The lowest BCUT2D eigenvalue weighted by Gasteiger charge is -2.38. The van der Waals surface area contributed by atoms with Gasteiger partial charge in [-0.25, -0.2) is 9.97 Å². The van der Waals surface area contributed by atoms with Gasteiger partial charge in [0.25, 0.3) is 0 Å². The lowest BCUT2D eigenvalue weighted by atomic mass is 9.94. The van der Waals surface area contributed by atoms with Crippen molar-refractivity contribution in [2.75, 3.05) is 31.1 Å². The van der Waals surface area contributed by atoms with E-state index in [0.29, 0.717) is 13.1 Å². The van der Waals surface area contributed by atoms with Crippen molar-refractivity contribution in [1.82, 2.24) is 14.9 Å². The Labute approximate surface area is 226 Å². The Morgan fingerprint density at radius 3 is 2.18 bits per heavy atom. The van der Waals surface area contributed by atoms with Crippen LogP contribution in [0.15, 0.2) is 84.9 Å². The summed E-state index contributed by atoms with van der Waals surface area (Å²) in [6.45, 7) is 9.17. The second-order valence-electron chi connectivity index (χ2n) is 10.2. The molecule has 0 unspecified atom stereocenters. The molecule has 1 aliphatic heterocycles. The second kappa shape index (κ2) is 11.6. The molecule has 1 aromatic heterocycles. The molecule has 2 heterocycles. The number of rotatable bonds is 7. The molecular formula is C33H36N4O. The maximum Gasteiger partial charge on any atom is 0.230 e. The first-order valence-electron chi connectivity index (χ1n) is 13.6. The van der Waals surface area contributed by atoms with Gasteiger partial charge >= 0.3 is 0 Å². The van der Waals surface area contributed by atoms with Crippen molar-refractivity contribution < 1.29 is 4.79 Å². The van der Waals surface area contributed by atoms with Gasteiger partial charge in [0.05, 0.1) is 5.92 Å². The molecule has 0 saturated carbocycles. The lowest BCUT2D eigenvalue weighted by Crippen LogP contribution is -2.50. The Kier molecular flexibility index (Phi) is 7.83. The predicted molar refractivity (Wildman–Crippen MR) is 154 cm³/mol. The monoisotopic (exact) mass is 504 g/mol. The second-order valence-corrected chi connectivity index (χ2v) is 10.2. The number of anilines is 1. The molecule has 1 saturated heterocycles. The minimum Gasteiger partial charge on any atom is -0.353 e. The van der Waals surface area contributed by atoms with Crippen molar-refractivity contribution in [2.24, 2.45) is 0 Å². The van der Waals surface area contributed by atoms with E-state index in [2.05, 4.69) is 86.3 Å². The van der Waals surface area contributed by atoms with Gasteiger partial charge in [0.1, 0.15) is 5.82 Å². The summed E-state index contributed by atoms with van der Waals surface area (Å²) in [5.74, 6) is 1.87. The summed E-state index contributed by atoms with van der Waals surface area (Å²) in [6.07, 6.45) is 1.58. The van der Waals surface area contributed by atoms with E-state index in [-0.39, 0.29) is 11.8 Å². The number of nitrogens with zero attached hydrogens (tertiary/aromatic N) is 4. The molecule has 4 aromatic rings. The molecule has 194 valence electrons. The maximum atomic E-state index is 13.5. The van der Waals surface area contributed by atoms with Gasteiger partial charge in [0, 0.05) is 49.4 Å². The van der Waals surface area contributed by atoms with E-state index in [4.69, 9.17) is 9.97 Å². The summed E-state index contributed by atoms with van der Waals surface area (Å²) in [6, 6.07) is 29.0. The Morgan fingerprint density at radius 2 is 1.53 bits per heavy atom. The third-order valence-corrected chi connectivity index (χ3v) is 7.49. The molecule has 0 spiro atoms. The molecule has 5 heteroatoms. The van der Waals surface area contributed by atoms with Crippen LogP contribution >= 0.6 is 0 Å². The molecule has 38 heavy (non-hydrogen) atoms. The SMILES string of the molecule is CC[C@H](C(=O)N1CCN(c2nc(-c3cccc(C)c3)nc(C)c2Cc2ccccc2)CC1)c1ccccc1. The zero-order valence-corrected chi connectivity index (χ0v) is 22.6. The summed E-state index contributed by atoms with van der Waals surface area (Å²) in [5, 5.41) is 0.